The van der Waals surface area contributed by atoms with Gasteiger partial charge in [0.25, 0.3) is 0 Å². The second-order valence-electron chi connectivity index (χ2n) is 5.30. The molecule has 0 saturated heterocycles. The average Bonchev–Trinajstić information content (AvgIpc) is 2.95. The fraction of sp³-hybridized carbons (Fsp3) is 0.167. The van der Waals surface area contributed by atoms with E-state index in [2.05, 4.69) is 60.5 Å². The summed E-state index contributed by atoms with van der Waals surface area (Å²) in [6.45, 7) is 5.01. The van der Waals surface area contributed by atoms with Crippen molar-refractivity contribution in [1.82, 2.24) is 4.98 Å². The van der Waals surface area contributed by atoms with E-state index in [0.717, 1.165) is 17.1 Å². The van der Waals surface area contributed by atoms with Crippen LogP contribution in [0, 0.1) is 13.8 Å². The Labute approximate surface area is 149 Å². The lowest BCUT2D eigenvalue weighted by Gasteiger charge is -2.12. The maximum Gasteiger partial charge on any atom is 0.183 e. The van der Waals surface area contributed by atoms with Gasteiger partial charge in [0, 0.05) is 26.6 Å². The van der Waals surface area contributed by atoms with Crippen LogP contribution in [-0.4, -0.2) is 4.98 Å². The van der Waals surface area contributed by atoms with Gasteiger partial charge in [0.15, 0.2) is 4.47 Å². The molecular formula is C18H17ClN2S2. The van der Waals surface area contributed by atoms with Crippen molar-refractivity contribution in [2.75, 3.05) is 5.32 Å². The molecule has 0 atom stereocenters. The minimum atomic E-state index is 0.583. The van der Waals surface area contributed by atoms with E-state index >= 15 is 0 Å². The first-order valence-electron chi connectivity index (χ1n) is 7.30. The van der Waals surface area contributed by atoms with Crippen LogP contribution >= 0.6 is 34.7 Å². The number of aryl methyl sites for hydroxylation is 2. The quantitative estimate of drug-likeness (QED) is 0.588. The number of halogens is 1. The number of nitrogens with zero attached hydrogens (tertiary/aromatic N) is 1. The van der Waals surface area contributed by atoms with Gasteiger partial charge in [-0.15, -0.1) is 11.3 Å². The van der Waals surface area contributed by atoms with Crippen molar-refractivity contribution >= 4 is 40.4 Å². The molecule has 3 aromatic rings. The van der Waals surface area contributed by atoms with E-state index in [4.69, 9.17) is 11.6 Å². The second kappa shape index (κ2) is 7.39. The molecule has 0 radical (unpaired) electrons. The van der Waals surface area contributed by atoms with Crippen LogP contribution < -0.4 is 5.32 Å². The minimum absolute atomic E-state index is 0.583. The summed E-state index contributed by atoms with van der Waals surface area (Å²) < 4.78 is 0.583. The van der Waals surface area contributed by atoms with E-state index < -0.39 is 0 Å². The van der Waals surface area contributed by atoms with Crippen LogP contribution in [0.3, 0.4) is 0 Å². The summed E-state index contributed by atoms with van der Waals surface area (Å²) in [5.41, 5.74) is 3.72. The summed E-state index contributed by atoms with van der Waals surface area (Å²) in [7, 11) is 0. The van der Waals surface area contributed by atoms with Crippen molar-refractivity contribution < 1.29 is 0 Å². The van der Waals surface area contributed by atoms with Gasteiger partial charge >= 0.3 is 0 Å². The second-order valence-corrected chi connectivity index (χ2v) is 8.08. The molecular weight excluding hydrogens is 344 g/mol. The molecule has 0 aliphatic rings. The molecule has 0 unspecified atom stereocenters. The molecule has 23 heavy (non-hydrogen) atoms. The van der Waals surface area contributed by atoms with Gasteiger partial charge in [0.05, 0.1) is 6.54 Å². The van der Waals surface area contributed by atoms with E-state index in [1.54, 1.807) is 11.8 Å². The van der Waals surface area contributed by atoms with Crippen LogP contribution in [0.15, 0.2) is 58.5 Å². The topological polar surface area (TPSA) is 24.9 Å². The number of nitrogens with one attached hydrogen (secondary N) is 1. The van der Waals surface area contributed by atoms with Gasteiger partial charge in [-0.1, -0.05) is 53.2 Å². The first-order chi connectivity index (χ1) is 11.1. The summed E-state index contributed by atoms with van der Waals surface area (Å²) in [4.78, 5) is 7.70. The van der Waals surface area contributed by atoms with E-state index in [9.17, 15) is 0 Å². The number of hydrogen-bond donors (Lipinski definition) is 1. The van der Waals surface area contributed by atoms with Gasteiger partial charge < -0.3 is 5.32 Å². The highest BCUT2D eigenvalue weighted by Crippen LogP contribution is 2.35. The Balaban J connectivity index is 1.77. The van der Waals surface area contributed by atoms with Gasteiger partial charge in [-0.2, -0.15) is 0 Å². The van der Waals surface area contributed by atoms with E-state index in [1.165, 1.54) is 32.3 Å². The average molecular weight is 361 g/mol. The number of benzene rings is 2. The van der Waals surface area contributed by atoms with Gasteiger partial charge in [-0.25, -0.2) is 4.98 Å². The van der Waals surface area contributed by atoms with Gasteiger partial charge in [0.1, 0.15) is 0 Å². The van der Waals surface area contributed by atoms with Gasteiger partial charge in [-0.3, -0.25) is 0 Å². The molecule has 1 heterocycles. The number of rotatable bonds is 5. The summed E-state index contributed by atoms with van der Waals surface area (Å²) in [6.07, 6.45) is 1.82. The Morgan fingerprint density at radius 2 is 1.96 bits per heavy atom. The summed E-state index contributed by atoms with van der Waals surface area (Å²) in [6, 6.07) is 14.9. The van der Waals surface area contributed by atoms with E-state index in [-0.39, 0.29) is 0 Å². The van der Waals surface area contributed by atoms with E-state index in [1.807, 2.05) is 12.3 Å². The van der Waals surface area contributed by atoms with Crippen molar-refractivity contribution in [3.63, 3.8) is 0 Å². The fourth-order valence-corrected chi connectivity index (χ4v) is 4.19. The summed E-state index contributed by atoms with van der Waals surface area (Å²) in [5, 5.41) is 3.48. The molecule has 0 amide bonds. The molecule has 0 fully saturated rings. The molecule has 3 rings (SSSR count). The summed E-state index contributed by atoms with van der Waals surface area (Å²) in [5.74, 6) is 0. The third kappa shape index (κ3) is 4.28. The lowest BCUT2D eigenvalue weighted by Crippen LogP contribution is -1.98. The third-order valence-corrected chi connectivity index (χ3v) is 5.78. The van der Waals surface area contributed by atoms with Crippen molar-refractivity contribution in [3.8, 4) is 0 Å². The number of thiazole rings is 1. The summed E-state index contributed by atoms with van der Waals surface area (Å²) >= 11 is 9.18. The van der Waals surface area contributed by atoms with Crippen LogP contribution in [0.4, 0.5) is 5.69 Å². The molecule has 2 aromatic carbocycles. The third-order valence-electron chi connectivity index (χ3n) is 3.42. The smallest absolute Gasteiger partial charge is 0.183 e. The lowest BCUT2D eigenvalue weighted by molar-refractivity contribution is 1.15. The van der Waals surface area contributed by atoms with Crippen LogP contribution in [0.25, 0.3) is 0 Å². The van der Waals surface area contributed by atoms with Crippen molar-refractivity contribution in [3.05, 3.63) is 69.1 Å². The number of anilines is 1. The van der Waals surface area contributed by atoms with Gasteiger partial charge in [0.2, 0.25) is 0 Å². The highest BCUT2D eigenvalue weighted by molar-refractivity contribution is 7.99. The Morgan fingerprint density at radius 3 is 2.70 bits per heavy atom. The van der Waals surface area contributed by atoms with Crippen LogP contribution in [0.1, 0.15) is 16.0 Å². The van der Waals surface area contributed by atoms with E-state index in [0.29, 0.717) is 4.47 Å². The largest absolute Gasteiger partial charge is 0.379 e. The Morgan fingerprint density at radius 1 is 1.13 bits per heavy atom. The number of para-hydroxylation sites is 1. The van der Waals surface area contributed by atoms with Crippen molar-refractivity contribution in [2.45, 2.75) is 30.2 Å². The molecule has 0 saturated carbocycles. The van der Waals surface area contributed by atoms with Gasteiger partial charge in [-0.05, 0) is 37.6 Å². The molecule has 118 valence electrons. The first kappa shape index (κ1) is 16.4. The Bertz CT molecular complexity index is 814. The zero-order valence-corrected chi connectivity index (χ0v) is 15.4. The molecule has 1 aromatic heterocycles. The van der Waals surface area contributed by atoms with Crippen LogP contribution in [0.2, 0.25) is 4.47 Å². The van der Waals surface area contributed by atoms with Crippen molar-refractivity contribution in [1.29, 1.82) is 0 Å². The SMILES string of the molecule is Cc1ccc(Sc2ccccc2NCc2cnc(Cl)s2)c(C)c1. The molecule has 0 aliphatic heterocycles. The monoisotopic (exact) mass is 360 g/mol. The number of aromatic nitrogens is 1. The fourth-order valence-electron chi connectivity index (χ4n) is 2.28. The van der Waals surface area contributed by atoms with Crippen molar-refractivity contribution in [2.24, 2.45) is 0 Å². The maximum atomic E-state index is 5.89. The zero-order chi connectivity index (χ0) is 16.2. The molecule has 0 bridgehead atoms. The zero-order valence-electron chi connectivity index (χ0n) is 13.0. The molecule has 5 heteroatoms. The first-order valence-corrected chi connectivity index (χ1v) is 9.31. The minimum Gasteiger partial charge on any atom is -0.379 e. The maximum absolute atomic E-state index is 5.89. The highest BCUT2D eigenvalue weighted by Gasteiger charge is 2.07. The van der Waals surface area contributed by atoms with Crippen LogP contribution in [-0.2, 0) is 6.54 Å². The molecule has 0 aliphatic carbocycles. The predicted octanol–water partition coefficient (Wildman–Crippen LogP) is 6.18. The highest BCUT2D eigenvalue weighted by atomic mass is 35.5. The lowest BCUT2D eigenvalue weighted by atomic mass is 10.2. The molecule has 1 N–H and O–H groups in total. The normalized spacial score (nSPS) is 10.7. The standard InChI is InChI=1S/C18H17ClN2S2/c1-12-7-8-16(13(2)9-12)23-17-6-4-3-5-15(17)20-10-14-11-21-18(19)22-14/h3-9,11,20H,10H2,1-2H3. The molecule has 2 nitrogen and oxygen atoms in total. The Hall–Kier alpha value is -1.49. The molecule has 0 spiro atoms. The van der Waals surface area contributed by atoms with Crippen LogP contribution in [0.5, 0.6) is 0 Å². The number of hydrogen-bond acceptors (Lipinski definition) is 4. The Kier molecular flexibility index (Phi) is 5.26. The predicted molar refractivity (Wildman–Crippen MR) is 101 cm³/mol.